The molecule has 2 N–H and O–H groups in total. The van der Waals surface area contributed by atoms with Crippen LogP contribution in [-0.4, -0.2) is 28.1 Å². The first-order valence-electron chi connectivity index (χ1n) is 4.98. The van der Waals surface area contributed by atoms with Crippen molar-refractivity contribution < 1.29 is 29.0 Å². The van der Waals surface area contributed by atoms with Crippen molar-refractivity contribution in [3.05, 3.63) is 23.9 Å². The summed E-state index contributed by atoms with van der Waals surface area (Å²) in [6.45, 7) is 0.0309. The minimum Gasteiger partial charge on any atom is -0.504 e. The number of phenolic OH excluding ortho intramolecular Hbond substituents is 1. The third-order valence-electron chi connectivity index (χ3n) is 2.47. The smallest absolute Gasteiger partial charge is 0.358 e. The lowest BCUT2D eigenvalue weighted by Crippen LogP contribution is -1.94. The van der Waals surface area contributed by atoms with E-state index in [0.717, 1.165) is 0 Å². The number of aromatic carboxylic acids is 1. The number of carbonyl (C=O) groups is 1. The van der Waals surface area contributed by atoms with Crippen LogP contribution in [0.3, 0.4) is 0 Å². The number of carboxylic acid groups (broad SMARTS) is 1. The van der Waals surface area contributed by atoms with Gasteiger partial charge in [-0.25, -0.2) is 4.79 Å². The van der Waals surface area contributed by atoms with Crippen molar-refractivity contribution in [3.8, 4) is 28.6 Å². The minimum atomic E-state index is -1.19. The molecular formula is C11H7NO6. The summed E-state index contributed by atoms with van der Waals surface area (Å²) < 4.78 is 15.1. The van der Waals surface area contributed by atoms with Crippen LogP contribution in [0.1, 0.15) is 10.5 Å². The fourth-order valence-corrected chi connectivity index (χ4v) is 1.65. The Balaban J connectivity index is 2.06. The molecule has 0 fully saturated rings. The van der Waals surface area contributed by atoms with Crippen molar-refractivity contribution in [1.29, 1.82) is 0 Å². The van der Waals surface area contributed by atoms with Gasteiger partial charge >= 0.3 is 5.97 Å². The van der Waals surface area contributed by atoms with Gasteiger partial charge in [0.25, 0.3) is 0 Å². The number of fused-ring (bicyclic) bond motifs is 1. The summed E-state index contributed by atoms with van der Waals surface area (Å²) in [6, 6.07) is 4.23. The Morgan fingerprint density at radius 3 is 2.83 bits per heavy atom. The number of hydrogen-bond acceptors (Lipinski definition) is 6. The normalized spacial score (nSPS) is 12.7. The van der Waals surface area contributed by atoms with Crippen LogP contribution in [0.15, 0.2) is 22.7 Å². The number of aromatic hydroxyl groups is 1. The number of carboxylic acids is 1. The summed E-state index contributed by atoms with van der Waals surface area (Å²) in [4.78, 5) is 10.7. The molecule has 7 heteroatoms. The number of benzene rings is 1. The molecular weight excluding hydrogens is 242 g/mol. The summed E-state index contributed by atoms with van der Waals surface area (Å²) in [6.07, 6.45) is 0. The largest absolute Gasteiger partial charge is 0.504 e. The predicted molar refractivity (Wildman–Crippen MR) is 56.7 cm³/mol. The second-order valence-corrected chi connectivity index (χ2v) is 3.61. The zero-order chi connectivity index (χ0) is 12.7. The molecule has 0 atom stereocenters. The molecule has 0 aliphatic carbocycles. The Kier molecular flexibility index (Phi) is 2.12. The molecule has 2 aromatic rings. The van der Waals surface area contributed by atoms with Gasteiger partial charge in [0.15, 0.2) is 23.0 Å². The second kappa shape index (κ2) is 3.66. The minimum absolute atomic E-state index is 0.0309. The molecule has 92 valence electrons. The number of rotatable bonds is 2. The van der Waals surface area contributed by atoms with Crippen LogP contribution in [0.25, 0.3) is 11.3 Å². The molecule has 1 aliphatic rings. The highest BCUT2D eigenvalue weighted by molar-refractivity contribution is 5.86. The number of phenols is 1. The van der Waals surface area contributed by atoms with Crippen LogP contribution in [0.2, 0.25) is 0 Å². The number of nitrogens with zero attached hydrogens (tertiary/aromatic N) is 1. The molecule has 0 bridgehead atoms. The fraction of sp³-hybridized carbons (Fsp3) is 0.0909. The third-order valence-corrected chi connectivity index (χ3v) is 2.47. The summed E-state index contributed by atoms with van der Waals surface area (Å²) in [5.74, 6) is -0.431. The number of ether oxygens (including phenoxy) is 2. The van der Waals surface area contributed by atoms with Gasteiger partial charge in [0, 0.05) is 11.6 Å². The van der Waals surface area contributed by atoms with Crippen LogP contribution in [0.5, 0.6) is 17.2 Å². The predicted octanol–water partition coefficient (Wildman–Crippen LogP) is 1.47. The molecule has 0 spiro atoms. The van der Waals surface area contributed by atoms with Crippen molar-refractivity contribution >= 4 is 5.97 Å². The molecule has 7 nitrogen and oxygen atoms in total. The Bertz CT molecular complexity index is 632. The SMILES string of the molecule is O=C(O)c1cc(-c2cc(O)c3c(c2)OCO3)on1. The van der Waals surface area contributed by atoms with E-state index in [1.807, 2.05) is 0 Å². The Hall–Kier alpha value is -2.70. The van der Waals surface area contributed by atoms with Gasteiger partial charge in [-0.2, -0.15) is 0 Å². The first kappa shape index (κ1) is 10.5. The zero-order valence-corrected chi connectivity index (χ0v) is 8.91. The highest BCUT2D eigenvalue weighted by Gasteiger charge is 2.21. The monoisotopic (exact) mass is 249 g/mol. The third kappa shape index (κ3) is 1.53. The van der Waals surface area contributed by atoms with Crippen LogP contribution in [0, 0.1) is 0 Å². The Morgan fingerprint density at radius 2 is 2.11 bits per heavy atom. The van der Waals surface area contributed by atoms with E-state index in [1.54, 1.807) is 6.07 Å². The van der Waals surface area contributed by atoms with Crippen molar-refractivity contribution in [2.45, 2.75) is 0 Å². The van der Waals surface area contributed by atoms with Crippen molar-refractivity contribution in [3.63, 3.8) is 0 Å². The zero-order valence-electron chi connectivity index (χ0n) is 8.91. The lowest BCUT2D eigenvalue weighted by molar-refractivity contribution is 0.0686. The van der Waals surface area contributed by atoms with Crippen LogP contribution in [0.4, 0.5) is 0 Å². The molecule has 0 amide bonds. The highest BCUT2D eigenvalue weighted by Crippen LogP contribution is 2.43. The molecule has 0 saturated carbocycles. The lowest BCUT2D eigenvalue weighted by Gasteiger charge is -2.01. The average Bonchev–Trinajstić information content (AvgIpc) is 2.97. The van der Waals surface area contributed by atoms with E-state index in [-0.39, 0.29) is 29.7 Å². The summed E-state index contributed by atoms with van der Waals surface area (Å²) >= 11 is 0. The molecule has 1 aromatic carbocycles. The van der Waals surface area contributed by atoms with E-state index in [9.17, 15) is 9.90 Å². The molecule has 0 radical (unpaired) electrons. The first-order chi connectivity index (χ1) is 8.65. The van der Waals surface area contributed by atoms with Gasteiger partial charge in [-0.1, -0.05) is 5.16 Å². The quantitative estimate of drug-likeness (QED) is 0.830. The summed E-state index contributed by atoms with van der Waals surface area (Å²) in [5.41, 5.74) is 0.249. The first-order valence-corrected chi connectivity index (χ1v) is 4.98. The molecule has 1 aromatic heterocycles. The standard InChI is InChI=1S/C11H7NO6/c13-7-1-5(2-9-10(7)17-4-16-9)8-3-6(11(14)15)12-18-8/h1-3,13H,4H2,(H,14,15). The van der Waals surface area contributed by atoms with E-state index < -0.39 is 5.97 Å². The summed E-state index contributed by atoms with van der Waals surface area (Å²) in [5, 5.41) is 21.8. The Labute approximate surface area is 100 Å². The van der Waals surface area contributed by atoms with E-state index in [1.165, 1.54) is 12.1 Å². The molecule has 2 heterocycles. The van der Waals surface area contributed by atoms with Crippen molar-refractivity contribution in [1.82, 2.24) is 5.16 Å². The topological polar surface area (TPSA) is 102 Å². The van der Waals surface area contributed by atoms with Gasteiger partial charge in [0.1, 0.15) is 0 Å². The molecule has 3 rings (SSSR count). The van der Waals surface area contributed by atoms with Gasteiger partial charge in [-0.05, 0) is 12.1 Å². The van der Waals surface area contributed by atoms with Crippen LogP contribution >= 0.6 is 0 Å². The average molecular weight is 249 g/mol. The maximum atomic E-state index is 10.7. The number of hydrogen-bond donors (Lipinski definition) is 2. The van der Waals surface area contributed by atoms with Crippen LogP contribution < -0.4 is 9.47 Å². The molecule has 18 heavy (non-hydrogen) atoms. The van der Waals surface area contributed by atoms with E-state index in [4.69, 9.17) is 19.1 Å². The van der Waals surface area contributed by atoms with Gasteiger partial charge < -0.3 is 24.2 Å². The van der Waals surface area contributed by atoms with E-state index in [2.05, 4.69) is 5.16 Å². The van der Waals surface area contributed by atoms with Gasteiger partial charge in [-0.3, -0.25) is 0 Å². The molecule has 1 aliphatic heterocycles. The molecule has 0 saturated heterocycles. The summed E-state index contributed by atoms with van der Waals surface area (Å²) in [7, 11) is 0. The lowest BCUT2D eigenvalue weighted by atomic mass is 10.1. The maximum Gasteiger partial charge on any atom is 0.358 e. The maximum absolute atomic E-state index is 10.7. The van der Waals surface area contributed by atoms with Crippen LogP contribution in [-0.2, 0) is 0 Å². The van der Waals surface area contributed by atoms with Gasteiger partial charge in [-0.15, -0.1) is 0 Å². The Morgan fingerprint density at radius 1 is 1.28 bits per heavy atom. The van der Waals surface area contributed by atoms with Crippen molar-refractivity contribution in [2.24, 2.45) is 0 Å². The van der Waals surface area contributed by atoms with E-state index >= 15 is 0 Å². The molecule has 0 unspecified atom stereocenters. The van der Waals surface area contributed by atoms with Crippen molar-refractivity contribution in [2.75, 3.05) is 6.79 Å². The van der Waals surface area contributed by atoms with E-state index in [0.29, 0.717) is 11.3 Å². The fourth-order valence-electron chi connectivity index (χ4n) is 1.65. The number of aromatic nitrogens is 1. The van der Waals surface area contributed by atoms with Gasteiger partial charge in [0.2, 0.25) is 12.5 Å². The van der Waals surface area contributed by atoms with Gasteiger partial charge in [0.05, 0.1) is 0 Å². The second-order valence-electron chi connectivity index (χ2n) is 3.61. The highest BCUT2D eigenvalue weighted by atomic mass is 16.7.